The first-order valence-corrected chi connectivity index (χ1v) is 7.76. The van der Waals surface area contributed by atoms with Crippen LogP contribution in [-0.4, -0.2) is 4.55 Å². The van der Waals surface area contributed by atoms with Gasteiger partial charge in [0.25, 0.3) is 0 Å². The molecule has 102 valence electrons. The van der Waals surface area contributed by atoms with Gasteiger partial charge in [0, 0.05) is 0 Å². The molecule has 0 aromatic heterocycles. The molecule has 1 aromatic carbocycles. The van der Waals surface area contributed by atoms with Gasteiger partial charge in [-0.15, -0.1) is 0 Å². The highest BCUT2D eigenvalue weighted by molar-refractivity contribution is 7.80. The smallest absolute Gasteiger partial charge is 0.0576 e. The quantitative estimate of drug-likeness (QED) is 0.767. The summed E-state index contributed by atoms with van der Waals surface area (Å²) < 4.78 is 17.6. The van der Waals surface area contributed by atoms with Crippen LogP contribution in [-0.2, 0) is 11.0 Å². The van der Waals surface area contributed by atoms with Crippen molar-refractivity contribution in [1.82, 2.24) is 0 Å². The standard InChI is InChI=1S/C15H25NOS/c1-9(2)12-7-13(10(3)4)15(18(16)17)14(8-12)11(5)6/h7-11H,1-6H3,(H2,16,17). The molecule has 1 rings (SSSR count). The zero-order chi connectivity index (χ0) is 14.0. The van der Waals surface area contributed by atoms with Gasteiger partial charge in [0.2, 0.25) is 0 Å². The molecular formula is C15H25NOS. The molecule has 0 spiro atoms. The van der Waals surface area contributed by atoms with Crippen LogP contribution >= 0.6 is 0 Å². The molecule has 0 amide bonds. The summed E-state index contributed by atoms with van der Waals surface area (Å²) in [6, 6.07) is 4.34. The third kappa shape index (κ3) is 3.21. The SMILES string of the molecule is CC(C)c1cc(C(C)C)c(S(=N)O)c(C(C)C)c1. The minimum absolute atomic E-state index is 0.337. The van der Waals surface area contributed by atoms with Crippen LogP contribution in [0.2, 0.25) is 0 Å². The molecule has 0 aliphatic rings. The van der Waals surface area contributed by atoms with Gasteiger partial charge in [-0.05, 0) is 34.4 Å². The second-order valence-corrected chi connectivity index (χ2v) is 6.75. The lowest BCUT2D eigenvalue weighted by Gasteiger charge is -2.21. The van der Waals surface area contributed by atoms with Gasteiger partial charge in [0.1, 0.15) is 0 Å². The van der Waals surface area contributed by atoms with Crippen molar-refractivity contribution in [2.24, 2.45) is 0 Å². The third-order valence-electron chi connectivity index (χ3n) is 3.27. The fourth-order valence-corrected chi connectivity index (χ4v) is 3.15. The van der Waals surface area contributed by atoms with Crippen molar-refractivity contribution in [1.29, 1.82) is 4.78 Å². The molecule has 0 aliphatic carbocycles. The van der Waals surface area contributed by atoms with E-state index in [1.807, 2.05) is 0 Å². The molecule has 0 radical (unpaired) electrons. The first-order chi connectivity index (χ1) is 8.25. The summed E-state index contributed by atoms with van der Waals surface area (Å²) in [6.45, 7) is 12.9. The average molecular weight is 267 g/mol. The number of hydrogen-bond donors (Lipinski definition) is 2. The van der Waals surface area contributed by atoms with E-state index >= 15 is 0 Å². The van der Waals surface area contributed by atoms with Crippen molar-refractivity contribution in [3.8, 4) is 0 Å². The van der Waals surface area contributed by atoms with E-state index in [2.05, 4.69) is 53.7 Å². The second kappa shape index (κ2) is 5.98. The molecule has 0 saturated carbocycles. The minimum atomic E-state index is -1.41. The van der Waals surface area contributed by atoms with Gasteiger partial charge in [-0.1, -0.05) is 53.7 Å². The number of benzene rings is 1. The van der Waals surface area contributed by atoms with E-state index in [1.54, 1.807) is 0 Å². The van der Waals surface area contributed by atoms with E-state index in [9.17, 15) is 4.55 Å². The topological polar surface area (TPSA) is 44.1 Å². The summed E-state index contributed by atoms with van der Waals surface area (Å²) >= 11 is 0. The van der Waals surface area contributed by atoms with Crippen LogP contribution in [0.25, 0.3) is 0 Å². The maximum absolute atomic E-state index is 9.81. The maximum Gasteiger partial charge on any atom is 0.0576 e. The Bertz CT molecular complexity index is 421. The molecule has 0 heterocycles. The molecular weight excluding hydrogens is 242 g/mol. The number of rotatable bonds is 4. The monoisotopic (exact) mass is 267 g/mol. The number of hydrogen-bond acceptors (Lipinski definition) is 1. The minimum Gasteiger partial charge on any atom is -0.318 e. The molecule has 1 aromatic rings. The first-order valence-electron chi connectivity index (χ1n) is 6.58. The van der Waals surface area contributed by atoms with E-state index in [0.29, 0.717) is 17.8 Å². The van der Waals surface area contributed by atoms with Gasteiger partial charge in [-0.3, -0.25) is 4.78 Å². The molecule has 1 unspecified atom stereocenters. The molecule has 3 heteroatoms. The van der Waals surface area contributed by atoms with Crippen LogP contribution in [0.1, 0.15) is 76.0 Å². The molecule has 0 aliphatic heterocycles. The molecule has 2 N–H and O–H groups in total. The summed E-state index contributed by atoms with van der Waals surface area (Å²) in [5, 5.41) is 0. The Hall–Kier alpha value is -0.670. The van der Waals surface area contributed by atoms with Crippen LogP contribution in [0.3, 0.4) is 0 Å². The largest absolute Gasteiger partial charge is 0.318 e. The fraction of sp³-hybridized carbons (Fsp3) is 0.600. The van der Waals surface area contributed by atoms with E-state index in [0.717, 1.165) is 16.0 Å². The van der Waals surface area contributed by atoms with Crippen LogP contribution in [0, 0.1) is 4.78 Å². The van der Waals surface area contributed by atoms with E-state index in [-0.39, 0.29) is 0 Å². The van der Waals surface area contributed by atoms with Gasteiger partial charge in [0.15, 0.2) is 0 Å². The fourth-order valence-electron chi connectivity index (χ4n) is 2.11. The summed E-state index contributed by atoms with van der Waals surface area (Å²) in [4.78, 5) is 0.837. The van der Waals surface area contributed by atoms with E-state index < -0.39 is 11.0 Å². The van der Waals surface area contributed by atoms with E-state index in [4.69, 9.17) is 4.78 Å². The van der Waals surface area contributed by atoms with Crippen molar-refractivity contribution < 1.29 is 4.55 Å². The van der Waals surface area contributed by atoms with Gasteiger partial charge >= 0.3 is 0 Å². The summed E-state index contributed by atoms with van der Waals surface area (Å²) in [6.07, 6.45) is 0. The zero-order valence-corrected chi connectivity index (χ0v) is 13.1. The highest BCUT2D eigenvalue weighted by atomic mass is 32.2. The summed E-state index contributed by atoms with van der Waals surface area (Å²) in [5.74, 6) is 1.15. The lowest BCUT2D eigenvalue weighted by molar-refractivity contribution is 0.637. The molecule has 0 bridgehead atoms. The van der Waals surface area contributed by atoms with Crippen molar-refractivity contribution in [3.63, 3.8) is 0 Å². The van der Waals surface area contributed by atoms with Crippen LogP contribution in [0.4, 0.5) is 0 Å². The lowest BCUT2D eigenvalue weighted by Crippen LogP contribution is -2.07. The Morgan fingerprint density at radius 1 is 0.889 bits per heavy atom. The summed E-state index contributed by atoms with van der Waals surface area (Å²) in [7, 11) is -1.41. The van der Waals surface area contributed by atoms with Gasteiger partial charge in [-0.2, -0.15) is 0 Å². The predicted molar refractivity (Wildman–Crippen MR) is 79.7 cm³/mol. The Kier molecular flexibility index (Phi) is 5.11. The first kappa shape index (κ1) is 15.4. The Balaban J connectivity index is 3.60. The molecule has 0 saturated heterocycles. The van der Waals surface area contributed by atoms with Crippen molar-refractivity contribution in [2.75, 3.05) is 0 Å². The summed E-state index contributed by atoms with van der Waals surface area (Å²) in [5.41, 5.74) is 3.56. The third-order valence-corrected chi connectivity index (χ3v) is 4.13. The normalized spacial score (nSPS) is 13.7. The van der Waals surface area contributed by atoms with Crippen LogP contribution in [0.5, 0.6) is 0 Å². The van der Waals surface area contributed by atoms with E-state index in [1.165, 1.54) is 5.56 Å². The molecule has 18 heavy (non-hydrogen) atoms. The highest BCUT2D eigenvalue weighted by Gasteiger charge is 2.18. The highest BCUT2D eigenvalue weighted by Crippen LogP contribution is 2.33. The van der Waals surface area contributed by atoms with Crippen molar-refractivity contribution >= 4 is 11.0 Å². The van der Waals surface area contributed by atoms with Crippen molar-refractivity contribution in [2.45, 2.75) is 64.2 Å². The Morgan fingerprint density at radius 3 is 1.50 bits per heavy atom. The Labute approximate surface area is 114 Å². The van der Waals surface area contributed by atoms with Crippen LogP contribution < -0.4 is 0 Å². The van der Waals surface area contributed by atoms with Gasteiger partial charge in [0.05, 0.1) is 15.9 Å². The Morgan fingerprint density at radius 2 is 1.28 bits per heavy atom. The van der Waals surface area contributed by atoms with Crippen LogP contribution in [0.15, 0.2) is 17.0 Å². The van der Waals surface area contributed by atoms with Gasteiger partial charge < -0.3 is 4.55 Å². The van der Waals surface area contributed by atoms with Gasteiger partial charge in [-0.25, -0.2) is 0 Å². The maximum atomic E-state index is 9.81. The molecule has 1 atom stereocenters. The van der Waals surface area contributed by atoms with Crippen molar-refractivity contribution in [3.05, 3.63) is 28.8 Å². The molecule has 0 fully saturated rings. The molecule has 2 nitrogen and oxygen atoms in total. The number of nitrogens with one attached hydrogen (secondary N) is 1. The lowest BCUT2D eigenvalue weighted by atomic mass is 9.89. The second-order valence-electron chi connectivity index (χ2n) is 5.78. The average Bonchev–Trinajstić information content (AvgIpc) is 2.26. The predicted octanol–water partition coefficient (Wildman–Crippen LogP) is 5.27. The zero-order valence-electron chi connectivity index (χ0n) is 12.2.